The number of hydrogen-bond acceptors (Lipinski definition) is 5. The number of amides is 2. The Balaban J connectivity index is 1.48. The van der Waals surface area contributed by atoms with Gasteiger partial charge in [0.25, 0.3) is 11.8 Å². The minimum atomic E-state index is -0.291. The smallest absolute Gasteiger partial charge is 0.256 e. The quantitative estimate of drug-likeness (QED) is 0.192. The van der Waals surface area contributed by atoms with Crippen LogP contribution in [-0.2, 0) is 0 Å². The van der Waals surface area contributed by atoms with Crippen LogP contribution in [0, 0.1) is 0 Å². The fourth-order valence-electron chi connectivity index (χ4n) is 3.79. The van der Waals surface area contributed by atoms with E-state index >= 15 is 0 Å². The van der Waals surface area contributed by atoms with Gasteiger partial charge in [-0.2, -0.15) is 0 Å². The molecule has 0 saturated heterocycles. The number of benzene rings is 2. The molecule has 0 radical (unpaired) electrons. The predicted molar refractivity (Wildman–Crippen MR) is 152 cm³/mol. The van der Waals surface area contributed by atoms with Gasteiger partial charge in [-0.05, 0) is 73.5 Å². The molecule has 1 aromatic heterocycles. The number of pyridine rings is 1. The van der Waals surface area contributed by atoms with Crippen molar-refractivity contribution in [2.45, 2.75) is 65.2 Å². The van der Waals surface area contributed by atoms with Crippen molar-refractivity contribution in [1.82, 2.24) is 4.98 Å². The predicted octanol–water partition coefficient (Wildman–Crippen LogP) is 7.50. The second-order valence-corrected chi connectivity index (χ2v) is 9.18. The Labute approximate surface area is 226 Å². The monoisotopic (exact) mass is 517 g/mol. The first-order valence-electron chi connectivity index (χ1n) is 13.6. The van der Waals surface area contributed by atoms with Crippen LogP contribution in [0.15, 0.2) is 66.7 Å². The molecule has 2 amide bonds. The van der Waals surface area contributed by atoms with Crippen LogP contribution in [0.25, 0.3) is 0 Å². The second-order valence-electron chi connectivity index (χ2n) is 9.18. The molecule has 202 valence electrons. The second kappa shape index (κ2) is 16.1. The summed E-state index contributed by atoms with van der Waals surface area (Å²) in [4.78, 5) is 29.7. The molecule has 0 fully saturated rings. The number of aromatic nitrogens is 1. The van der Waals surface area contributed by atoms with E-state index in [0.29, 0.717) is 36.0 Å². The third kappa shape index (κ3) is 9.88. The topological polar surface area (TPSA) is 89.6 Å². The zero-order chi connectivity index (χ0) is 27.0. The van der Waals surface area contributed by atoms with Crippen LogP contribution in [0.1, 0.15) is 85.9 Å². The Morgan fingerprint density at radius 1 is 0.605 bits per heavy atom. The molecular weight excluding hydrogens is 478 g/mol. The lowest BCUT2D eigenvalue weighted by Gasteiger charge is -2.10. The maximum absolute atomic E-state index is 12.7. The minimum absolute atomic E-state index is 0.291. The van der Waals surface area contributed by atoms with Crippen LogP contribution in [0.2, 0.25) is 0 Å². The van der Waals surface area contributed by atoms with Crippen molar-refractivity contribution in [1.29, 1.82) is 0 Å². The summed E-state index contributed by atoms with van der Waals surface area (Å²) >= 11 is 0. The van der Waals surface area contributed by atoms with Gasteiger partial charge in [-0.3, -0.25) is 9.59 Å². The van der Waals surface area contributed by atoms with Crippen LogP contribution in [0.5, 0.6) is 11.5 Å². The van der Waals surface area contributed by atoms with Gasteiger partial charge in [-0.25, -0.2) is 4.98 Å². The molecule has 3 rings (SSSR count). The molecule has 2 aromatic carbocycles. The number of anilines is 2. The van der Waals surface area contributed by atoms with Crippen molar-refractivity contribution in [2.75, 3.05) is 23.8 Å². The average molecular weight is 518 g/mol. The summed E-state index contributed by atoms with van der Waals surface area (Å²) in [6.45, 7) is 5.70. The number of unbranched alkanes of at least 4 members (excludes halogenated alkanes) is 6. The number of carbonyl (C=O) groups is 2. The molecule has 0 spiro atoms. The molecular formula is C31H39N3O4. The van der Waals surface area contributed by atoms with Crippen molar-refractivity contribution >= 4 is 23.5 Å². The van der Waals surface area contributed by atoms with E-state index in [0.717, 1.165) is 37.2 Å². The highest BCUT2D eigenvalue weighted by Gasteiger charge is 2.10. The largest absolute Gasteiger partial charge is 0.494 e. The first-order valence-corrected chi connectivity index (χ1v) is 13.6. The van der Waals surface area contributed by atoms with Gasteiger partial charge in [-0.1, -0.05) is 58.4 Å². The molecule has 7 nitrogen and oxygen atoms in total. The van der Waals surface area contributed by atoms with Gasteiger partial charge in [0.05, 0.1) is 13.2 Å². The van der Waals surface area contributed by atoms with E-state index in [1.54, 1.807) is 66.7 Å². The Morgan fingerprint density at radius 3 is 1.42 bits per heavy atom. The van der Waals surface area contributed by atoms with Crippen LogP contribution >= 0.6 is 0 Å². The normalized spacial score (nSPS) is 10.6. The van der Waals surface area contributed by atoms with Gasteiger partial charge in [0, 0.05) is 11.1 Å². The zero-order valence-corrected chi connectivity index (χ0v) is 22.5. The van der Waals surface area contributed by atoms with Gasteiger partial charge < -0.3 is 20.1 Å². The van der Waals surface area contributed by atoms with Gasteiger partial charge in [0.15, 0.2) is 0 Å². The third-order valence-electron chi connectivity index (χ3n) is 6.00. The SMILES string of the molecule is CCCCCCOc1ccc(C(=O)Nc2cccc(NC(=O)c3ccc(OCCCCCC)cc3)n2)cc1. The molecule has 0 aliphatic heterocycles. The van der Waals surface area contributed by atoms with E-state index < -0.39 is 0 Å². The summed E-state index contributed by atoms with van der Waals surface area (Å²) in [5, 5.41) is 5.56. The number of nitrogens with zero attached hydrogens (tertiary/aromatic N) is 1. The van der Waals surface area contributed by atoms with E-state index in [1.165, 1.54) is 25.7 Å². The van der Waals surface area contributed by atoms with Crippen molar-refractivity contribution in [3.63, 3.8) is 0 Å². The summed E-state index contributed by atoms with van der Waals surface area (Å²) in [5.41, 5.74) is 0.986. The fraction of sp³-hybridized carbons (Fsp3) is 0.387. The van der Waals surface area contributed by atoms with Crippen LogP contribution in [-0.4, -0.2) is 30.0 Å². The Morgan fingerprint density at radius 2 is 1.03 bits per heavy atom. The lowest BCUT2D eigenvalue weighted by atomic mass is 10.2. The van der Waals surface area contributed by atoms with Gasteiger partial charge in [0.2, 0.25) is 0 Å². The average Bonchev–Trinajstić information content (AvgIpc) is 2.93. The lowest BCUT2D eigenvalue weighted by Crippen LogP contribution is -2.16. The summed E-state index contributed by atoms with van der Waals surface area (Å²) in [6.07, 6.45) is 9.16. The van der Waals surface area contributed by atoms with Crippen LogP contribution in [0.3, 0.4) is 0 Å². The van der Waals surface area contributed by atoms with Gasteiger partial charge in [0.1, 0.15) is 23.1 Å². The summed E-state index contributed by atoms with van der Waals surface area (Å²) in [5.74, 6) is 1.59. The Kier molecular flexibility index (Phi) is 12.1. The molecule has 0 bridgehead atoms. The first-order chi connectivity index (χ1) is 18.6. The highest BCUT2D eigenvalue weighted by Crippen LogP contribution is 2.17. The van der Waals surface area contributed by atoms with E-state index in [-0.39, 0.29) is 11.8 Å². The first kappa shape index (κ1) is 28.7. The Hall–Kier alpha value is -3.87. The zero-order valence-electron chi connectivity index (χ0n) is 22.5. The molecule has 0 aliphatic carbocycles. The standard InChI is InChI=1S/C31H39N3O4/c1-3-5-7-9-22-37-26-18-14-24(15-19-26)30(35)33-28-12-11-13-29(32-28)34-31(36)25-16-20-27(21-17-25)38-23-10-8-6-4-2/h11-21H,3-10,22-23H2,1-2H3,(H2,32,33,34,35,36). The van der Waals surface area contributed by atoms with Crippen molar-refractivity contribution in [3.8, 4) is 11.5 Å². The van der Waals surface area contributed by atoms with E-state index in [9.17, 15) is 9.59 Å². The molecule has 2 N–H and O–H groups in total. The maximum atomic E-state index is 12.7. The molecule has 0 unspecified atom stereocenters. The molecule has 1 heterocycles. The molecule has 0 saturated carbocycles. The van der Waals surface area contributed by atoms with Gasteiger partial charge in [-0.15, -0.1) is 0 Å². The van der Waals surface area contributed by atoms with E-state index in [4.69, 9.17) is 9.47 Å². The highest BCUT2D eigenvalue weighted by molar-refractivity contribution is 6.05. The summed E-state index contributed by atoms with van der Waals surface area (Å²) < 4.78 is 11.5. The summed E-state index contributed by atoms with van der Waals surface area (Å²) in [6, 6.07) is 19.1. The number of hydrogen-bond donors (Lipinski definition) is 2. The molecule has 7 heteroatoms. The molecule has 0 atom stereocenters. The number of rotatable bonds is 16. The minimum Gasteiger partial charge on any atom is -0.494 e. The molecule has 3 aromatic rings. The lowest BCUT2D eigenvalue weighted by molar-refractivity contribution is 0.101. The third-order valence-corrected chi connectivity index (χ3v) is 6.00. The van der Waals surface area contributed by atoms with Crippen LogP contribution in [0.4, 0.5) is 11.6 Å². The Bertz CT molecular complexity index is 1040. The fourth-order valence-corrected chi connectivity index (χ4v) is 3.79. The van der Waals surface area contributed by atoms with Crippen molar-refractivity contribution < 1.29 is 19.1 Å². The van der Waals surface area contributed by atoms with E-state index in [1.807, 2.05) is 0 Å². The molecule has 38 heavy (non-hydrogen) atoms. The molecule has 0 aliphatic rings. The van der Waals surface area contributed by atoms with Crippen LogP contribution < -0.4 is 20.1 Å². The number of ether oxygens (including phenoxy) is 2. The van der Waals surface area contributed by atoms with Crippen molar-refractivity contribution in [3.05, 3.63) is 77.9 Å². The van der Waals surface area contributed by atoms with E-state index in [2.05, 4.69) is 29.5 Å². The van der Waals surface area contributed by atoms with Crippen molar-refractivity contribution in [2.24, 2.45) is 0 Å². The highest BCUT2D eigenvalue weighted by atomic mass is 16.5. The van der Waals surface area contributed by atoms with Gasteiger partial charge >= 0.3 is 0 Å². The number of carbonyl (C=O) groups excluding carboxylic acids is 2. The number of nitrogens with one attached hydrogen (secondary N) is 2. The maximum Gasteiger partial charge on any atom is 0.256 e. The summed E-state index contributed by atoms with van der Waals surface area (Å²) in [7, 11) is 0.